The Bertz CT molecular complexity index is 715. The van der Waals surface area contributed by atoms with Crippen molar-refractivity contribution in [2.24, 2.45) is 33.5 Å². The predicted octanol–water partition coefficient (Wildman–Crippen LogP) is 4.03. The molecule has 0 aromatic carbocycles. The Balaban J connectivity index is 1.57. The van der Waals surface area contributed by atoms with Crippen LogP contribution in [0.2, 0.25) is 0 Å². The number of rotatable bonds is 2. The van der Waals surface area contributed by atoms with E-state index < -0.39 is 5.60 Å². The standard InChI is InChI=1S/C22H30O4/c1-18-7-4-8-19(2,17(24)25-3)15(18)5-9-20-13-22(14-23)21(20,11-12-26-22)10-6-16(18)20/h11-12,14-16H,4-10,13H2,1-3H3/t15-,16-,18+,19+,20+,21+,22+/m1/s1. The minimum Gasteiger partial charge on any atom is -0.487 e. The van der Waals surface area contributed by atoms with Crippen molar-refractivity contribution < 1.29 is 19.1 Å². The molecule has 0 radical (unpaired) electrons. The van der Waals surface area contributed by atoms with Crippen molar-refractivity contribution in [3.63, 3.8) is 0 Å². The molecule has 0 bridgehead atoms. The Kier molecular flexibility index (Phi) is 3.07. The lowest BCUT2D eigenvalue weighted by atomic mass is 9.33. The van der Waals surface area contributed by atoms with Gasteiger partial charge in [-0.25, -0.2) is 0 Å². The molecule has 5 rings (SSSR count). The molecular formula is C22H30O4. The molecular weight excluding hydrogens is 328 g/mol. The highest BCUT2D eigenvalue weighted by molar-refractivity contribution is 5.77. The topological polar surface area (TPSA) is 52.6 Å². The number of fused-ring (bicyclic) bond motifs is 2. The lowest BCUT2D eigenvalue weighted by Crippen LogP contribution is -2.72. The SMILES string of the molecule is COC(=O)[C@@]1(C)CCC[C@]2(C)[C@H]3CC[C@@]45C=CO[C@]4(C=O)C[C@@]35CC[C@H]21. The highest BCUT2D eigenvalue weighted by Gasteiger charge is 2.83. The summed E-state index contributed by atoms with van der Waals surface area (Å²) in [6.45, 7) is 4.57. The van der Waals surface area contributed by atoms with Gasteiger partial charge in [-0.15, -0.1) is 0 Å². The van der Waals surface area contributed by atoms with E-state index in [-0.39, 0.29) is 27.6 Å². The van der Waals surface area contributed by atoms with Crippen molar-refractivity contribution in [3.05, 3.63) is 12.3 Å². The van der Waals surface area contributed by atoms with Gasteiger partial charge in [0.05, 0.1) is 18.8 Å². The van der Waals surface area contributed by atoms with Crippen molar-refractivity contribution in [2.45, 2.75) is 70.8 Å². The molecule has 0 saturated heterocycles. The second-order valence-corrected chi connectivity index (χ2v) is 10.2. The number of carbonyl (C=O) groups excluding carboxylic acids is 2. The van der Waals surface area contributed by atoms with E-state index in [9.17, 15) is 9.59 Å². The lowest BCUT2D eigenvalue weighted by molar-refractivity contribution is -0.253. The third-order valence-corrected chi connectivity index (χ3v) is 9.84. The maximum absolute atomic E-state index is 12.7. The number of ether oxygens (including phenoxy) is 2. The van der Waals surface area contributed by atoms with E-state index in [0.29, 0.717) is 11.8 Å². The van der Waals surface area contributed by atoms with Crippen LogP contribution in [-0.4, -0.2) is 25.0 Å². The summed E-state index contributed by atoms with van der Waals surface area (Å²) in [6, 6.07) is 0. The molecule has 4 fully saturated rings. The first-order chi connectivity index (χ1) is 12.3. The first-order valence-corrected chi connectivity index (χ1v) is 10.2. The summed E-state index contributed by atoms with van der Waals surface area (Å²) < 4.78 is 11.1. The molecule has 0 N–H and O–H groups in total. The Labute approximate surface area is 155 Å². The average Bonchev–Trinajstić information content (AvgIpc) is 3.08. The van der Waals surface area contributed by atoms with Gasteiger partial charge in [-0.3, -0.25) is 9.59 Å². The van der Waals surface area contributed by atoms with Crippen LogP contribution in [0.15, 0.2) is 12.3 Å². The van der Waals surface area contributed by atoms with Gasteiger partial charge in [0.2, 0.25) is 0 Å². The van der Waals surface area contributed by atoms with Crippen LogP contribution in [0, 0.1) is 33.5 Å². The molecule has 0 aromatic rings. The van der Waals surface area contributed by atoms with E-state index in [2.05, 4.69) is 19.9 Å². The summed E-state index contributed by atoms with van der Waals surface area (Å²) in [7, 11) is 1.53. The van der Waals surface area contributed by atoms with Crippen LogP contribution in [0.25, 0.3) is 0 Å². The average molecular weight is 358 g/mol. The minimum absolute atomic E-state index is 0.0305. The molecule has 4 heteroatoms. The van der Waals surface area contributed by atoms with Crippen LogP contribution in [0.1, 0.15) is 65.2 Å². The lowest BCUT2D eigenvalue weighted by Gasteiger charge is -2.70. The summed E-state index contributed by atoms with van der Waals surface area (Å²) in [5.41, 5.74) is -0.744. The van der Waals surface area contributed by atoms with Crippen LogP contribution < -0.4 is 0 Å². The molecule has 7 atom stereocenters. The molecule has 0 amide bonds. The Morgan fingerprint density at radius 2 is 1.92 bits per heavy atom. The van der Waals surface area contributed by atoms with Crippen molar-refractivity contribution in [2.75, 3.05) is 7.11 Å². The monoisotopic (exact) mass is 358 g/mol. The van der Waals surface area contributed by atoms with E-state index in [4.69, 9.17) is 9.47 Å². The van der Waals surface area contributed by atoms with Gasteiger partial charge in [0, 0.05) is 11.8 Å². The Morgan fingerprint density at radius 3 is 2.65 bits per heavy atom. The quantitative estimate of drug-likeness (QED) is 0.552. The number of hydrogen-bond acceptors (Lipinski definition) is 4. The second kappa shape index (κ2) is 4.74. The van der Waals surface area contributed by atoms with Crippen LogP contribution in [0.5, 0.6) is 0 Å². The zero-order valence-corrected chi connectivity index (χ0v) is 16.2. The van der Waals surface area contributed by atoms with Gasteiger partial charge in [0.25, 0.3) is 0 Å². The summed E-state index contributed by atoms with van der Waals surface area (Å²) >= 11 is 0. The third-order valence-electron chi connectivity index (χ3n) is 9.84. The molecule has 2 spiro atoms. The maximum atomic E-state index is 12.7. The predicted molar refractivity (Wildman–Crippen MR) is 96.0 cm³/mol. The molecule has 0 unspecified atom stereocenters. The Hall–Kier alpha value is -1.32. The van der Waals surface area contributed by atoms with Crippen molar-refractivity contribution in [3.8, 4) is 0 Å². The largest absolute Gasteiger partial charge is 0.487 e. The number of hydrogen-bond donors (Lipinski definition) is 0. The molecule has 1 aliphatic heterocycles. The minimum atomic E-state index is -0.606. The number of aldehydes is 1. The Morgan fingerprint density at radius 1 is 1.15 bits per heavy atom. The first kappa shape index (κ1) is 16.8. The van der Waals surface area contributed by atoms with Gasteiger partial charge < -0.3 is 9.47 Å². The zero-order valence-electron chi connectivity index (χ0n) is 16.2. The van der Waals surface area contributed by atoms with E-state index >= 15 is 0 Å². The third kappa shape index (κ3) is 1.45. The van der Waals surface area contributed by atoms with E-state index in [1.165, 1.54) is 13.5 Å². The van der Waals surface area contributed by atoms with Gasteiger partial charge >= 0.3 is 5.97 Å². The van der Waals surface area contributed by atoms with Gasteiger partial charge in [-0.2, -0.15) is 0 Å². The fourth-order valence-corrected chi connectivity index (χ4v) is 8.93. The smallest absolute Gasteiger partial charge is 0.311 e. The van der Waals surface area contributed by atoms with Crippen LogP contribution >= 0.6 is 0 Å². The van der Waals surface area contributed by atoms with Gasteiger partial charge in [-0.1, -0.05) is 13.3 Å². The summed E-state index contributed by atoms with van der Waals surface area (Å²) in [6.07, 6.45) is 13.5. The first-order valence-electron chi connectivity index (χ1n) is 10.2. The van der Waals surface area contributed by atoms with E-state index in [0.717, 1.165) is 51.2 Å². The molecule has 4 saturated carbocycles. The van der Waals surface area contributed by atoms with Gasteiger partial charge in [-0.05, 0) is 74.2 Å². The van der Waals surface area contributed by atoms with Gasteiger partial charge in [0.1, 0.15) is 0 Å². The normalized spacial score (nSPS) is 56.3. The molecule has 142 valence electrons. The summed E-state index contributed by atoms with van der Waals surface area (Å²) in [4.78, 5) is 24.7. The van der Waals surface area contributed by atoms with Crippen LogP contribution in [-0.2, 0) is 19.1 Å². The molecule has 1 heterocycles. The van der Waals surface area contributed by atoms with Gasteiger partial charge in [0.15, 0.2) is 11.9 Å². The number of esters is 1. The molecule has 4 aliphatic carbocycles. The second-order valence-electron chi connectivity index (χ2n) is 10.2. The van der Waals surface area contributed by atoms with E-state index in [1.807, 2.05) is 0 Å². The fraction of sp³-hybridized carbons (Fsp3) is 0.818. The molecule has 0 aromatic heterocycles. The summed E-state index contributed by atoms with van der Waals surface area (Å²) in [5.74, 6) is 0.911. The molecule has 5 aliphatic rings. The van der Waals surface area contributed by atoms with Crippen LogP contribution in [0.4, 0.5) is 0 Å². The van der Waals surface area contributed by atoms with Crippen molar-refractivity contribution >= 4 is 12.3 Å². The number of methoxy groups -OCH3 is 1. The fourth-order valence-electron chi connectivity index (χ4n) is 8.93. The highest BCUT2D eigenvalue weighted by atomic mass is 16.5. The maximum Gasteiger partial charge on any atom is 0.311 e. The summed E-state index contributed by atoms with van der Waals surface area (Å²) in [5, 5.41) is 0. The molecule has 4 nitrogen and oxygen atoms in total. The number of carbonyl (C=O) groups is 2. The van der Waals surface area contributed by atoms with Crippen LogP contribution in [0.3, 0.4) is 0 Å². The zero-order chi connectivity index (χ0) is 18.4. The highest BCUT2D eigenvalue weighted by Crippen LogP contribution is 2.83. The van der Waals surface area contributed by atoms with E-state index in [1.54, 1.807) is 6.26 Å². The van der Waals surface area contributed by atoms with Crippen molar-refractivity contribution in [1.29, 1.82) is 0 Å². The van der Waals surface area contributed by atoms with Crippen molar-refractivity contribution in [1.82, 2.24) is 0 Å². The molecule has 26 heavy (non-hydrogen) atoms.